The van der Waals surface area contributed by atoms with Gasteiger partial charge < -0.3 is 4.57 Å². The molecule has 16 heavy (non-hydrogen) atoms. The molecule has 1 heterocycles. The standard InChI is InChI=1S/C13H11NO2/c1-10-7-13(16)11(9-15)8-14(10)12-5-3-2-4-6-12/h2-9H,1H3. The molecule has 0 aliphatic heterocycles. The fourth-order valence-electron chi connectivity index (χ4n) is 1.60. The zero-order chi connectivity index (χ0) is 11.5. The zero-order valence-corrected chi connectivity index (χ0v) is 8.88. The van der Waals surface area contributed by atoms with E-state index in [-0.39, 0.29) is 11.0 Å². The van der Waals surface area contributed by atoms with E-state index >= 15 is 0 Å². The average molecular weight is 213 g/mol. The van der Waals surface area contributed by atoms with E-state index in [4.69, 9.17) is 0 Å². The zero-order valence-electron chi connectivity index (χ0n) is 8.88. The first-order valence-electron chi connectivity index (χ1n) is 4.96. The Hall–Kier alpha value is -2.16. The van der Waals surface area contributed by atoms with Crippen LogP contribution in [-0.4, -0.2) is 10.9 Å². The normalized spacial score (nSPS) is 10.1. The number of hydrogen-bond acceptors (Lipinski definition) is 2. The number of hydrogen-bond donors (Lipinski definition) is 0. The molecule has 2 rings (SSSR count). The van der Waals surface area contributed by atoms with Crippen molar-refractivity contribution in [3.05, 3.63) is 64.1 Å². The summed E-state index contributed by atoms with van der Waals surface area (Å²) in [6.45, 7) is 1.84. The molecule has 80 valence electrons. The molecule has 0 aliphatic rings. The Morgan fingerprint density at radius 3 is 2.50 bits per heavy atom. The van der Waals surface area contributed by atoms with E-state index in [0.717, 1.165) is 11.4 Å². The second-order valence-corrected chi connectivity index (χ2v) is 3.56. The van der Waals surface area contributed by atoms with Crippen molar-refractivity contribution in [2.75, 3.05) is 0 Å². The molecule has 1 aromatic heterocycles. The minimum atomic E-state index is -0.236. The predicted octanol–water partition coefficient (Wildman–Crippen LogP) is 1.96. The van der Waals surface area contributed by atoms with Gasteiger partial charge in [0.25, 0.3) is 0 Å². The van der Waals surface area contributed by atoms with Crippen LogP contribution in [0.15, 0.2) is 47.4 Å². The maximum absolute atomic E-state index is 11.4. The van der Waals surface area contributed by atoms with Crippen molar-refractivity contribution in [3.63, 3.8) is 0 Å². The van der Waals surface area contributed by atoms with E-state index in [1.54, 1.807) is 6.20 Å². The summed E-state index contributed by atoms with van der Waals surface area (Å²) in [6, 6.07) is 11.1. The number of para-hydroxylation sites is 1. The van der Waals surface area contributed by atoms with Crippen molar-refractivity contribution >= 4 is 6.29 Å². The Bertz CT molecular complexity index is 570. The van der Waals surface area contributed by atoms with Crippen LogP contribution in [0.3, 0.4) is 0 Å². The van der Waals surface area contributed by atoms with Gasteiger partial charge in [0, 0.05) is 23.6 Å². The number of rotatable bonds is 2. The summed E-state index contributed by atoms with van der Waals surface area (Å²) in [7, 11) is 0. The highest BCUT2D eigenvalue weighted by Gasteiger charge is 2.03. The quantitative estimate of drug-likeness (QED) is 0.715. The Morgan fingerprint density at radius 2 is 1.88 bits per heavy atom. The topological polar surface area (TPSA) is 39.1 Å². The van der Waals surface area contributed by atoms with Gasteiger partial charge in [0.15, 0.2) is 11.7 Å². The third kappa shape index (κ3) is 1.80. The number of pyridine rings is 1. The minimum Gasteiger partial charge on any atom is -0.320 e. The summed E-state index contributed by atoms with van der Waals surface area (Å²) >= 11 is 0. The lowest BCUT2D eigenvalue weighted by molar-refractivity contribution is 0.112. The summed E-state index contributed by atoms with van der Waals surface area (Å²) in [4.78, 5) is 22.1. The number of aromatic nitrogens is 1. The third-order valence-corrected chi connectivity index (χ3v) is 2.43. The molecule has 0 saturated carbocycles. The van der Waals surface area contributed by atoms with Crippen LogP contribution in [0.25, 0.3) is 5.69 Å². The van der Waals surface area contributed by atoms with Gasteiger partial charge in [-0.1, -0.05) is 18.2 Å². The molecular weight excluding hydrogens is 202 g/mol. The van der Waals surface area contributed by atoms with Gasteiger partial charge in [0.2, 0.25) is 0 Å². The van der Waals surface area contributed by atoms with Crippen LogP contribution in [0.4, 0.5) is 0 Å². The summed E-state index contributed by atoms with van der Waals surface area (Å²) in [6.07, 6.45) is 2.15. The van der Waals surface area contributed by atoms with Gasteiger partial charge in [-0.25, -0.2) is 0 Å². The van der Waals surface area contributed by atoms with Gasteiger partial charge in [-0.3, -0.25) is 9.59 Å². The van der Waals surface area contributed by atoms with Crippen molar-refractivity contribution in [2.24, 2.45) is 0 Å². The molecule has 0 bridgehead atoms. The molecule has 0 saturated heterocycles. The Kier molecular flexibility index (Phi) is 2.68. The Labute approximate surface area is 93.0 Å². The molecule has 3 nitrogen and oxygen atoms in total. The van der Waals surface area contributed by atoms with Crippen molar-refractivity contribution in [2.45, 2.75) is 6.92 Å². The van der Waals surface area contributed by atoms with E-state index in [9.17, 15) is 9.59 Å². The maximum atomic E-state index is 11.4. The van der Waals surface area contributed by atoms with Crippen molar-refractivity contribution in [3.8, 4) is 5.69 Å². The molecule has 0 N–H and O–H groups in total. The Balaban J connectivity index is 2.66. The van der Waals surface area contributed by atoms with Gasteiger partial charge in [-0.05, 0) is 19.1 Å². The van der Waals surface area contributed by atoms with Crippen LogP contribution in [-0.2, 0) is 0 Å². The van der Waals surface area contributed by atoms with Crippen molar-refractivity contribution in [1.82, 2.24) is 4.57 Å². The van der Waals surface area contributed by atoms with Gasteiger partial charge in [0.05, 0.1) is 5.56 Å². The smallest absolute Gasteiger partial charge is 0.192 e. The second kappa shape index (κ2) is 4.14. The van der Waals surface area contributed by atoms with E-state index in [2.05, 4.69) is 0 Å². The maximum Gasteiger partial charge on any atom is 0.192 e. The van der Waals surface area contributed by atoms with Crippen molar-refractivity contribution in [1.29, 1.82) is 0 Å². The molecule has 0 fully saturated rings. The summed E-state index contributed by atoms with van der Waals surface area (Å²) in [5.74, 6) is 0. The number of carbonyl (C=O) groups is 1. The number of aryl methyl sites for hydroxylation is 1. The van der Waals surface area contributed by atoms with E-state index in [1.807, 2.05) is 41.8 Å². The highest BCUT2D eigenvalue weighted by molar-refractivity contribution is 5.74. The van der Waals surface area contributed by atoms with Crippen molar-refractivity contribution < 1.29 is 4.79 Å². The molecule has 3 heteroatoms. The van der Waals surface area contributed by atoms with Gasteiger partial charge in [-0.2, -0.15) is 0 Å². The second-order valence-electron chi connectivity index (χ2n) is 3.56. The lowest BCUT2D eigenvalue weighted by atomic mass is 10.2. The number of carbonyl (C=O) groups excluding carboxylic acids is 1. The average Bonchev–Trinajstić information content (AvgIpc) is 2.30. The van der Waals surface area contributed by atoms with E-state index < -0.39 is 0 Å². The predicted molar refractivity (Wildman–Crippen MR) is 62.2 cm³/mol. The summed E-state index contributed by atoms with van der Waals surface area (Å²) < 4.78 is 1.82. The summed E-state index contributed by atoms with van der Waals surface area (Å²) in [5, 5.41) is 0. The molecule has 0 atom stereocenters. The fourth-order valence-corrected chi connectivity index (χ4v) is 1.60. The molecular formula is C13H11NO2. The van der Waals surface area contributed by atoms with Crippen LogP contribution in [0.5, 0.6) is 0 Å². The van der Waals surface area contributed by atoms with Gasteiger partial charge in [0.1, 0.15) is 0 Å². The van der Waals surface area contributed by atoms with Gasteiger partial charge >= 0.3 is 0 Å². The lowest BCUT2D eigenvalue weighted by Gasteiger charge is -2.10. The molecule has 0 radical (unpaired) electrons. The monoisotopic (exact) mass is 213 g/mol. The fraction of sp³-hybridized carbons (Fsp3) is 0.0769. The van der Waals surface area contributed by atoms with E-state index in [1.165, 1.54) is 6.07 Å². The molecule has 2 aromatic rings. The van der Waals surface area contributed by atoms with E-state index in [0.29, 0.717) is 6.29 Å². The lowest BCUT2D eigenvalue weighted by Crippen LogP contribution is -2.13. The number of aldehydes is 1. The SMILES string of the molecule is Cc1cc(=O)c(C=O)cn1-c1ccccc1. The first kappa shape index (κ1) is 10.4. The molecule has 0 spiro atoms. The largest absolute Gasteiger partial charge is 0.320 e. The highest BCUT2D eigenvalue weighted by atomic mass is 16.1. The number of nitrogens with zero attached hydrogens (tertiary/aromatic N) is 1. The first-order chi connectivity index (χ1) is 7.72. The highest BCUT2D eigenvalue weighted by Crippen LogP contribution is 2.09. The van der Waals surface area contributed by atoms with Crippen LogP contribution in [0, 0.1) is 6.92 Å². The van der Waals surface area contributed by atoms with Crippen LogP contribution < -0.4 is 5.43 Å². The minimum absolute atomic E-state index is 0.175. The van der Waals surface area contributed by atoms with Crippen LogP contribution in [0.1, 0.15) is 16.1 Å². The summed E-state index contributed by atoms with van der Waals surface area (Å²) in [5.41, 5.74) is 1.68. The van der Waals surface area contributed by atoms with Crippen LogP contribution in [0.2, 0.25) is 0 Å². The molecule has 0 unspecified atom stereocenters. The molecule has 0 aliphatic carbocycles. The van der Waals surface area contributed by atoms with Crippen LogP contribution >= 0.6 is 0 Å². The first-order valence-corrected chi connectivity index (χ1v) is 4.96. The van der Waals surface area contributed by atoms with Gasteiger partial charge in [-0.15, -0.1) is 0 Å². The molecule has 0 amide bonds. The molecule has 1 aromatic carbocycles. The number of benzene rings is 1. The Morgan fingerprint density at radius 1 is 1.19 bits per heavy atom. The third-order valence-electron chi connectivity index (χ3n) is 2.43.